The van der Waals surface area contributed by atoms with E-state index in [0.29, 0.717) is 12.5 Å². The molecule has 2 aromatic rings. The first-order valence-corrected chi connectivity index (χ1v) is 10.7. The molecule has 3 rings (SSSR count). The molecule has 25 heavy (non-hydrogen) atoms. The lowest BCUT2D eigenvalue weighted by molar-refractivity contribution is 0.286. The van der Waals surface area contributed by atoms with Crippen LogP contribution in [0.25, 0.3) is 0 Å². The Hall–Kier alpha value is -1.57. The summed E-state index contributed by atoms with van der Waals surface area (Å²) < 4.78 is 19.9. The van der Waals surface area contributed by atoms with Crippen LogP contribution in [0.1, 0.15) is 45.6 Å². The maximum absolute atomic E-state index is 14.0. The molecule has 0 saturated carbocycles. The third-order valence-corrected chi connectivity index (χ3v) is 7.83. The second-order valence-corrected chi connectivity index (χ2v) is 10.3. The molecule has 0 saturated heterocycles. The number of rotatable bonds is 4. The zero-order valence-electron chi connectivity index (χ0n) is 15.5. The van der Waals surface area contributed by atoms with Crippen LogP contribution < -0.4 is 10.6 Å². The minimum atomic E-state index is -3.02. The third-order valence-electron chi connectivity index (χ3n) is 5.01. The SMILES string of the molecule is CCOP(=O)(c1ccccc1)C1CC(C(C)(C)C)c2ccccc2N1. The van der Waals surface area contributed by atoms with Gasteiger partial charge in [-0.3, -0.25) is 4.57 Å². The molecule has 1 aliphatic rings. The monoisotopic (exact) mass is 357 g/mol. The molecule has 1 heterocycles. The number of hydrogen-bond acceptors (Lipinski definition) is 3. The lowest BCUT2D eigenvalue weighted by Crippen LogP contribution is -2.36. The van der Waals surface area contributed by atoms with E-state index >= 15 is 0 Å². The Bertz CT molecular complexity index is 767. The second kappa shape index (κ2) is 6.97. The van der Waals surface area contributed by atoms with Crippen LogP contribution >= 0.6 is 7.37 Å². The van der Waals surface area contributed by atoms with Crippen molar-refractivity contribution in [2.45, 2.75) is 45.8 Å². The van der Waals surface area contributed by atoms with E-state index in [4.69, 9.17) is 4.52 Å². The first-order chi connectivity index (χ1) is 11.9. The molecule has 0 radical (unpaired) electrons. The molecule has 4 heteroatoms. The van der Waals surface area contributed by atoms with E-state index in [0.717, 1.165) is 17.4 Å². The minimum Gasteiger partial charge on any atom is -0.373 e. The van der Waals surface area contributed by atoms with Gasteiger partial charge in [0.25, 0.3) is 7.37 Å². The summed E-state index contributed by atoms with van der Waals surface area (Å²) in [4.78, 5) is 0. The molecule has 0 aromatic heterocycles. The number of nitrogens with one attached hydrogen (secondary N) is 1. The fourth-order valence-corrected chi connectivity index (χ4v) is 6.19. The van der Waals surface area contributed by atoms with Crippen LogP contribution in [0, 0.1) is 5.41 Å². The fourth-order valence-electron chi connectivity index (χ4n) is 3.74. The Morgan fingerprint density at radius 1 is 1.08 bits per heavy atom. The van der Waals surface area contributed by atoms with E-state index < -0.39 is 7.37 Å². The first-order valence-electron chi connectivity index (χ1n) is 9.01. The Morgan fingerprint density at radius 3 is 2.36 bits per heavy atom. The van der Waals surface area contributed by atoms with Gasteiger partial charge in [-0.15, -0.1) is 0 Å². The summed E-state index contributed by atoms with van der Waals surface area (Å²) in [7, 11) is -3.02. The molecule has 3 atom stereocenters. The molecule has 0 spiro atoms. The largest absolute Gasteiger partial charge is 0.373 e. The summed E-state index contributed by atoms with van der Waals surface area (Å²) in [5.74, 6) is 0.112. The van der Waals surface area contributed by atoms with Crippen molar-refractivity contribution < 1.29 is 9.09 Å². The van der Waals surface area contributed by atoms with Crippen molar-refractivity contribution in [3.8, 4) is 0 Å². The topological polar surface area (TPSA) is 38.3 Å². The highest BCUT2D eigenvalue weighted by Gasteiger charge is 2.43. The van der Waals surface area contributed by atoms with Crippen molar-refractivity contribution in [3.63, 3.8) is 0 Å². The molecule has 3 unspecified atom stereocenters. The van der Waals surface area contributed by atoms with Crippen molar-refractivity contribution in [1.29, 1.82) is 0 Å². The summed E-state index contributed by atoms with van der Waals surface area (Å²) in [5.41, 5.74) is 2.47. The molecular weight excluding hydrogens is 329 g/mol. The van der Waals surface area contributed by atoms with Crippen LogP contribution in [0.2, 0.25) is 0 Å². The van der Waals surface area contributed by atoms with Crippen LogP contribution in [0.15, 0.2) is 54.6 Å². The van der Waals surface area contributed by atoms with Gasteiger partial charge in [-0.05, 0) is 48.4 Å². The van der Waals surface area contributed by atoms with E-state index in [1.54, 1.807) is 0 Å². The van der Waals surface area contributed by atoms with Crippen LogP contribution in [0.5, 0.6) is 0 Å². The predicted molar refractivity (Wildman–Crippen MR) is 106 cm³/mol. The van der Waals surface area contributed by atoms with Gasteiger partial charge in [0.05, 0.1) is 6.61 Å². The summed E-state index contributed by atoms with van der Waals surface area (Å²) >= 11 is 0. The summed E-state index contributed by atoms with van der Waals surface area (Å²) in [6.07, 6.45) is 0.798. The van der Waals surface area contributed by atoms with Gasteiger partial charge in [0, 0.05) is 11.0 Å². The van der Waals surface area contributed by atoms with Crippen LogP contribution in [-0.4, -0.2) is 12.4 Å². The van der Waals surface area contributed by atoms with E-state index in [-0.39, 0.29) is 11.2 Å². The molecule has 0 amide bonds. The number of hydrogen-bond donors (Lipinski definition) is 1. The Morgan fingerprint density at radius 2 is 1.72 bits per heavy atom. The molecular formula is C21H28NO2P. The van der Waals surface area contributed by atoms with E-state index in [2.05, 4.69) is 44.3 Å². The maximum Gasteiger partial charge on any atom is 0.253 e. The van der Waals surface area contributed by atoms with Crippen LogP contribution in [0.4, 0.5) is 5.69 Å². The Labute approximate surface area is 151 Å². The Balaban J connectivity index is 2.06. The normalized spacial score (nSPS) is 22.6. The molecule has 1 aliphatic heterocycles. The molecule has 134 valence electrons. The number of benzene rings is 2. The van der Waals surface area contributed by atoms with Crippen molar-refractivity contribution in [1.82, 2.24) is 0 Å². The standard InChI is InChI=1S/C21H28NO2P/c1-5-24-25(23,16-11-7-6-8-12-16)20-15-18(21(2,3)4)17-13-9-10-14-19(17)22-20/h6-14,18,20,22H,5,15H2,1-4H3. The highest BCUT2D eigenvalue weighted by Crippen LogP contribution is 2.58. The summed E-state index contributed by atoms with van der Waals surface area (Å²) in [6, 6.07) is 18.0. The lowest BCUT2D eigenvalue weighted by Gasteiger charge is -2.42. The van der Waals surface area contributed by atoms with Crippen molar-refractivity contribution in [3.05, 3.63) is 60.2 Å². The zero-order chi connectivity index (χ0) is 18.1. The summed E-state index contributed by atoms with van der Waals surface area (Å²) in [6.45, 7) is 9.11. The van der Waals surface area contributed by atoms with Gasteiger partial charge in [0.15, 0.2) is 0 Å². The molecule has 0 fully saturated rings. The van der Waals surface area contributed by atoms with Gasteiger partial charge in [-0.2, -0.15) is 0 Å². The molecule has 0 aliphatic carbocycles. The van der Waals surface area contributed by atoms with Crippen molar-refractivity contribution in [2.24, 2.45) is 5.41 Å². The van der Waals surface area contributed by atoms with E-state index in [9.17, 15) is 4.57 Å². The van der Waals surface area contributed by atoms with Gasteiger partial charge in [-0.1, -0.05) is 57.2 Å². The average Bonchev–Trinajstić information content (AvgIpc) is 2.61. The minimum absolute atomic E-state index is 0.0875. The smallest absolute Gasteiger partial charge is 0.253 e. The van der Waals surface area contributed by atoms with Gasteiger partial charge >= 0.3 is 0 Å². The van der Waals surface area contributed by atoms with Crippen LogP contribution in [-0.2, 0) is 9.09 Å². The van der Waals surface area contributed by atoms with Gasteiger partial charge < -0.3 is 9.84 Å². The van der Waals surface area contributed by atoms with Crippen molar-refractivity contribution >= 4 is 18.4 Å². The molecule has 3 nitrogen and oxygen atoms in total. The first kappa shape index (κ1) is 18.2. The molecule has 2 aromatic carbocycles. The predicted octanol–water partition coefficient (Wildman–Crippen LogP) is 5.60. The van der Waals surface area contributed by atoms with Gasteiger partial charge in [-0.25, -0.2) is 0 Å². The number of para-hydroxylation sites is 1. The highest BCUT2D eigenvalue weighted by atomic mass is 31.2. The van der Waals surface area contributed by atoms with Gasteiger partial charge in [0.1, 0.15) is 5.78 Å². The molecule has 1 N–H and O–H groups in total. The van der Waals surface area contributed by atoms with Crippen molar-refractivity contribution in [2.75, 3.05) is 11.9 Å². The average molecular weight is 357 g/mol. The second-order valence-electron chi connectivity index (χ2n) is 7.75. The Kier molecular flexibility index (Phi) is 5.09. The zero-order valence-corrected chi connectivity index (χ0v) is 16.4. The molecule has 0 bridgehead atoms. The van der Waals surface area contributed by atoms with Crippen LogP contribution in [0.3, 0.4) is 0 Å². The van der Waals surface area contributed by atoms with Gasteiger partial charge in [0.2, 0.25) is 0 Å². The summed E-state index contributed by atoms with van der Waals surface area (Å²) in [5, 5.41) is 4.33. The number of fused-ring (bicyclic) bond motifs is 1. The third kappa shape index (κ3) is 3.54. The quantitative estimate of drug-likeness (QED) is 0.724. The van der Waals surface area contributed by atoms with E-state index in [1.165, 1.54) is 5.56 Å². The lowest BCUT2D eigenvalue weighted by atomic mass is 9.73. The fraction of sp³-hybridized carbons (Fsp3) is 0.429. The van der Waals surface area contributed by atoms with E-state index in [1.807, 2.05) is 43.3 Å². The highest BCUT2D eigenvalue weighted by molar-refractivity contribution is 7.67. The maximum atomic E-state index is 14.0. The number of anilines is 1.